The average molecular weight is 403 g/mol. The number of halogens is 2. The maximum atomic E-state index is 13.0. The zero-order valence-corrected chi connectivity index (χ0v) is 15.6. The van der Waals surface area contributed by atoms with Gasteiger partial charge in [0.1, 0.15) is 12.1 Å². The molecule has 0 aliphatic carbocycles. The minimum atomic E-state index is -0.161. The number of amides is 1. The summed E-state index contributed by atoms with van der Waals surface area (Å²) in [4.78, 5) is 23.7. The van der Waals surface area contributed by atoms with Crippen LogP contribution in [0.2, 0.25) is 10.0 Å². The van der Waals surface area contributed by atoms with Crippen molar-refractivity contribution in [1.82, 2.24) is 19.4 Å². The van der Waals surface area contributed by atoms with Crippen molar-refractivity contribution in [1.29, 1.82) is 0 Å². The first-order valence-electron chi connectivity index (χ1n) is 8.30. The summed E-state index contributed by atoms with van der Waals surface area (Å²) in [7, 11) is 0. The number of fused-ring (bicyclic) bond motifs is 1. The zero-order chi connectivity index (χ0) is 18.3. The van der Waals surface area contributed by atoms with E-state index in [2.05, 4.69) is 9.97 Å². The van der Waals surface area contributed by atoms with Crippen molar-refractivity contribution in [3.05, 3.63) is 75.9 Å². The summed E-state index contributed by atoms with van der Waals surface area (Å²) in [5.74, 6) is 0.689. The first-order valence-corrected chi connectivity index (χ1v) is 9.06. The van der Waals surface area contributed by atoms with Crippen LogP contribution in [0.5, 0.6) is 0 Å². The van der Waals surface area contributed by atoms with E-state index in [9.17, 15) is 4.79 Å². The van der Waals surface area contributed by atoms with E-state index in [0.29, 0.717) is 23.6 Å². The summed E-state index contributed by atoms with van der Waals surface area (Å²) in [6.07, 6.45) is 4.22. The topological polar surface area (TPSA) is 51.0 Å². The van der Waals surface area contributed by atoms with E-state index in [1.54, 1.807) is 35.6 Å². The Bertz CT molecular complexity index is 971. The third-order valence-corrected chi connectivity index (χ3v) is 5.51. The Kier molecular flexibility index (Phi) is 5.53. The highest BCUT2D eigenvalue weighted by Crippen LogP contribution is 2.33. The van der Waals surface area contributed by atoms with Gasteiger partial charge >= 0.3 is 0 Å². The molecule has 0 fully saturated rings. The number of hydrogen-bond donors (Lipinski definition) is 0. The summed E-state index contributed by atoms with van der Waals surface area (Å²) < 4.78 is 1.99. The third-order valence-electron chi connectivity index (χ3n) is 4.69. The molecular formula is C20H20Cl2N4O. The van der Waals surface area contributed by atoms with Crippen molar-refractivity contribution in [3.63, 3.8) is 0 Å². The summed E-state index contributed by atoms with van der Waals surface area (Å²) in [6, 6.07) is 10.7. The molecule has 0 saturated heterocycles. The van der Waals surface area contributed by atoms with E-state index in [1.165, 1.54) is 0 Å². The van der Waals surface area contributed by atoms with Crippen molar-refractivity contribution >= 4 is 29.1 Å². The molecule has 5 nitrogen and oxygen atoms in total. The highest BCUT2D eigenvalue weighted by Gasteiger charge is 2.32. The normalized spacial score (nSPS) is 15.8. The minimum Gasteiger partial charge on any atom is -0.330 e. The van der Waals surface area contributed by atoms with E-state index in [4.69, 9.17) is 23.2 Å². The lowest BCUT2D eigenvalue weighted by atomic mass is 10.0. The van der Waals surface area contributed by atoms with E-state index < -0.39 is 0 Å². The highest BCUT2D eigenvalue weighted by molar-refractivity contribution is 6.43. The Labute approximate surface area is 168 Å². The molecule has 1 aliphatic rings. The zero-order valence-electron chi connectivity index (χ0n) is 14.1. The van der Waals surface area contributed by atoms with E-state index in [1.807, 2.05) is 29.7 Å². The van der Waals surface area contributed by atoms with Crippen molar-refractivity contribution < 1.29 is 4.79 Å². The van der Waals surface area contributed by atoms with E-state index in [0.717, 1.165) is 17.2 Å². The molecule has 0 radical (unpaired) electrons. The lowest BCUT2D eigenvalue weighted by Gasteiger charge is -2.33. The first kappa shape index (κ1) is 19.4. The van der Waals surface area contributed by atoms with E-state index in [-0.39, 0.29) is 24.4 Å². The maximum absolute atomic E-state index is 13.0. The molecule has 1 aliphatic heterocycles. The van der Waals surface area contributed by atoms with Gasteiger partial charge in [-0.2, -0.15) is 0 Å². The fourth-order valence-corrected chi connectivity index (χ4v) is 3.73. The van der Waals surface area contributed by atoms with Crippen LogP contribution in [0.15, 0.2) is 48.9 Å². The Morgan fingerprint density at radius 3 is 2.70 bits per heavy atom. The molecule has 1 amide bonds. The summed E-state index contributed by atoms with van der Waals surface area (Å²) in [6.45, 7) is 2.55. The fourth-order valence-electron chi connectivity index (χ4n) is 3.35. The van der Waals surface area contributed by atoms with Gasteiger partial charge in [0.2, 0.25) is 0 Å². The van der Waals surface area contributed by atoms with Crippen LogP contribution in [0.1, 0.15) is 42.1 Å². The van der Waals surface area contributed by atoms with Gasteiger partial charge < -0.3 is 4.90 Å². The van der Waals surface area contributed by atoms with Gasteiger partial charge in [0, 0.05) is 19.2 Å². The molecular weight excluding hydrogens is 383 g/mol. The predicted molar refractivity (Wildman–Crippen MR) is 108 cm³/mol. The number of carbonyl (C=O) groups excluding carboxylic acids is 1. The van der Waals surface area contributed by atoms with Gasteiger partial charge in [0.15, 0.2) is 0 Å². The Hall–Kier alpha value is -2.37. The molecule has 0 bridgehead atoms. The van der Waals surface area contributed by atoms with Gasteiger partial charge in [-0.1, -0.05) is 42.8 Å². The van der Waals surface area contributed by atoms with Crippen LogP contribution in [0, 0.1) is 0 Å². The number of benzene rings is 1. The third kappa shape index (κ3) is 3.33. The van der Waals surface area contributed by atoms with Crippen LogP contribution in [0.25, 0.3) is 5.82 Å². The number of pyridine rings is 1. The Balaban J connectivity index is 0.00000210. The smallest absolute Gasteiger partial charge is 0.255 e. The molecule has 3 heterocycles. The molecule has 27 heavy (non-hydrogen) atoms. The lowest BCUT2D eigenvalue weighted by molar-refractivity contribution is 0.0672. The van der Waals surface area contributed by atoms with Crippen LogP contribution in [-0.2, 0) is 6.42 Å². The molecule has 7 heteroatoms. The van der Waals surface area contributed by atoms with Crippen molar-refractivity contribution in [2.75, 3.05) is 6.54 Å². The number of imidazole rings is 1. The quantitative estimate of drug-likeness (QED) is 0.607. The highest BCUT2D eigenvalue weighted by atomic mass is 35.5. The van der Waals surface area contributed by atoms with Gasteiger partial charge in [-0.3, -0.25) is 9.36 Å². The predicted octanol–water partition coefficient (Wildman–Crippen LogP) is 4.97. The first-order chi connectivity index (χ1) is 12.6. The largest absolute Gasteiger partial charge is 0.330 e. The summed E-state index contributed by atoms with van der Waals surface area (Å²) in [5, 5.41) is 0.665. The molecule has 2 aromatic heterocycles. The summed E-state index contributed by atoms with van der Waals surface area (Å²) in [5.41, 5.74) is 2.38. The van der Waals surface area contributed by atoms with Crippen LogP contribution in [0.3, 0.4) is 0 Å². The second kappa shape index (κ2) is 7.71. The molecule has 0 saturated carbocycles. The molecule has 0 N–H and O–H groups in total. The van der Waals surface area contributed by atoms with Crippen molar-refractivity contribution in [2.24, 2.45) is 0 Å². The van der Waals surface area contributed by atoms with Gasteiger partial charge in [-0.15, -0.1) is 0 Å². The molecule has 0 unspecified atom stereocenters. The van der Waals surface area contributed by atoms with Crippen LogP contribution >= 0.6 is 23.2 Å². The van der Waals surface area contributed by atoms with Crippen LogP contribution in [-0.4, -0.2) is 31.9 Å². The molecule has 1 atom stereocenters. The standard InChI is InChI=1S/C19H16Cl2N4O.CH4/c1-12-18-15(25(11-23-18)16-7-2-3-9-22-16)8-10-24(12)19(26)13-5-4-6-14(20)17(13)21;/h2-7,9,11-12H,8,10H2,1H3;1H4/t12-;/m0./s1. The molecule has 4 rings (SSSR count). The fraction of sp³-hybridized carbons (Fsp3) is 0.250. The number of hydrogen-bond acceptors (Lipinski definition) is 3. The number of nitrogens with zero attached hydrogens (tertiary/aromatic N) is 4. The second-order valence-electron chi connectivity index (χ2n) is 6.16. The monoisotopic (exact) mass is 402 g/mol. The molecule has 140 valence electrons. The van der Waals surface area contributed by atoms with E-state index >= 15 is 0 Å². The van der Waals surface area contributed by atoms with Gasteiger partial charge in [0.05, 0.1) is 33.0 Å². The number of aromatic nitrogens is 3. The number of carbonyl (C=O) groups is 1. The Morgan fingerprint density at radius 2 is 1.96 bits per heavy atom. The average Bonchev–Trinajstić information content (AvgIpc) is 3.09. The lowest BCUT2D eigenvalue weighted by Crippen LogP contribution is -2.39. The second-order valence-corrected chi connectivity index (χ2v) is 6.95. The molecule has 1 aromatic carbocycles. The minimum absolute atomic E-state index is 0. The maximum Gasteiger partial charge on any atom is 0.255 e. The van der Waals surface area contributed by atoms with Crippen molar-refractivity contribution in [3.8, 4) is 5.82 Å². The van der Waals surface area contributed by atoms with Crippen LogP contribution < -0.4 is 0 Å². The van der Waals surface area contributed by atoms with Gasteiger partial charge in [-0.05, 0) is 31.2 Å². The summed E-state index contributed by atoms with van der Waals surface area (Å²) >= 11 is 12.3. The van der Waals surface area contributed by atoms with Gasteiger partial charge in [0.25, 0.3) is 5.91 Å². The Morgan fingerprint density at radius 1 is 1.15 bits per heavy atom. The van der Waals surface area contributed by atoms with Crippen molar-refractivity contribution in [2.45, 2.75) is 26.8 Å². The number of rotatable bonds is 2. The molecule has 3 aromatic rings. The molecule has 0 spiro atoms. The van der Waals surface area contributed by atoms with Crippen LogP contribution in [0.4, 0.5) is 0 Å². The SMILES string of the molecule is C.C[C@H]1c2ncn(-c3ccccn3)c2CCN1C(=O)c1cccc(Cl)c1Cl. The van der Waals surface area contributed by atoms with Gasteiger partial charge in [-0.25, -0.2) is 9.97 Å².